The van der Waals surface area contributed by atoms with E-state index in [9.17, 15) is 9.59 Å². The van der Waals surface area contributed by atoms with Crippen molar-refractivity contribution in [3.05, 3.63) is 35.9 Å². The lowest BCUT2D eigenvalue weighted by atomic mass is 9.84. The molecule has 1 aromatic rings. The zero-order chi connectivity index (χ0) is 29.2. The van der Waals surface area contributed by atoms with E-state index in [0.29, 0.717) is 26.2 Å². The Morgan fingerprint density at radius 3 is 1.50 bits per heavy atom. The molecule has 5 nitrogen and oxygen atoms in total. The first-order valence-corrected chi connectivity index (χ1v) is 16.5. The predicted molar refractivity (Wildman–Crippen MR) is 165 cm³/mol. The Balaban J connectivity index is 2.34. The Labute approximate surface area is 246 Å². The van der Waals surface area contributed by atoms with Crippen molar-refractivity contribution < 1.29 is 23.8 Å². The fourth-order valence-electron chi connectivity index (χ4n) is 4.85. The summed E-state index contributed by atoms with van der Waals surface area (Å²) < 4.78 is 17.0. The van der Waals surface area contributed by atoms with Gasteiger partial charge in [0.25, 0.3) is 0 Å². The van der Waals surface area contributed by atoms with E-state index in [2.05, 4.69) is 26.0 Å². The predicted octanol–water partition coefficient (Wildman–Crippen LogP) is 9.75. The van der Waals surface area contributed by atoms with Crippen molar-refractivity contribution in [3.63, 3.8) is 0 Å². The minimum absolute atomic E-state index is 0.387. The second kappa shape index (κ2) is 24.9. The molecular formula is C35H60O5. The van der Waals surface area contributed by atoms with Crippen molar-refractivity contribution >= 4 is 11.9 Å². The molecule has 0 saturated heterocycles. The molecule has 0 aliphatic rings. The summed E-state index contributed by atoms with van der Waals surface area (Å²) in [6.45, 7) is 8.36. The highest BCUT2D eigenvalue weighted by molar-refractivity contribution is 5.99. The van der Waals surface area contributed by atoms with Crippen molar-refractivity contribution in [1.82, 2.24) is 0 Å². The van der Waals surface area contributed by atoms with Crippen LogP contribution in [-0.4, -0.2) is 31.8 Å². The van der Waals surface area contributed by atoms with Crippen LogP contribution in [0.2, 0.25) is 0 Å². The highest BCUT2D eigenvalue weighted by atomic mass is 16.6. The van der Waals surface area contributed by atoms with Gasteiger partial charge in [0, 0.05) is 6.61 Å². The topological polar surface area (TPSA) is 61.8 Å². The highest BCUT2D eigenvalue weighted by Crippen LogP contribution is 2.29. The molecule has 0 aliphatic heterocycles. The monoisotopic (exact) mass is 560 g/mol. The zero-order valence-corrected chi connectivity index (χ0v) is 26.2. The molecule has 1 aromatic carbocycles. The van der Waals surface area contributed by atoms with Gasteiger partial charge in [-0.15, -0.1) is 0 Å². The molecule has 0 unspecified atom stereocenters. The van der Waals surface area contributed by atoms with Crippen LogP contribution >= 0.6 is 0 Å². The summed E-state index contributed by atoms with van der Waals surface area (Å²) in [5.41, 5.74) is -0.00283. The molecule has 0 N–H and O–H groups in total. The lowest BCUT2D eigenvalue weighted by Crippen LogP contribution is -2.39. The Hall–Kier alpha value is -1.88. The molecule has 0 saturated carbocycles. The van der Waals surface area contributed by atoms with Gasteiger partial charge in [0.15, 0.2) is 5.41 Å². The van der Waals surface area contributed by atoms with Crippen molar-refractivity contribution in [2.24, 2.45) is 5.41 Å². The van der Waals surface area contributed by atoms with E-state index in [1.165, 1.54) is 56.9 Å². The van der Waals surface area contributed by atoms with Gasteiger partial charge in [0.1, 0.15) is 0 Å². The second-order valence-electron chi connectivity index (χ2n) is 11.5. The average molecular weight is 561 g/mol. The van der Waals surface area contributed by atoms with Gasteiger partial charge in [0.05, 0.1) is 19.8 Å². The van der Waals surface area contributed by atoms with E-state index in [0.717, 1.165) is 70.8 Å². The summed E-state index contributed by atoms with van der Waals surface area (Å²) in [6.07, 6.45) is 20.3. The Morgan fingerprint density at radius 1 is 0.575 bits per heavy atom. The quantitative estimate of drug-likeness (QED) is 0.0609. The number of rotatable bonds is 27. The lowest BCUT2D eigenvalue weighted by Gasteiger charge is -2.25. The van der Waals surface area contributed by atoms with Crippen LogP contribution in [0.1, 0.15) is 148 Å². The molecule has 0 aromatic heterocycles. The van der Waals surface area contributed by atoms with E-state index in [1.54, 1.807) is 6.92 Å². The maximum absolute atomic E-state index is 13.1. The molecule has 0 aliphatic carbocycles. The Kier molecular flexibility index (Phi) is 22.5. The van der Waals surface area contributed by atoms with Gasteiger partial charge >= 0.3 is 11.9 Å². The third kappa shape index (κ3) is 17.7. The molecule has 0 radical (unpaired) electrons. The number of unbranched alkanes of at least 4 members (excludes halogenated alkanes) is 15. The fourth-order valence-corrected chi connectivity index (χ4v) is 4.85. The molecule has 1 rings (SSSR count). The van der Waals surface area contributed by atoms with Crippen LogP contribution in [0, 0.1) is 5.41 Å². The summed E-state index contributed by atoms with van der Waals surface area (Å²) >= 11 is 0. The first kappa shape index (κ1) is 36.1. The number of carbonyl (C=O) groups excluding carboxylic acids is 2. The molecular weight excluding hydrogens is 500 g/mol. The number of hydrogen-bond acceptors (Lipinski definition) is 5. The normalized spacial score (nSPS) is 11.5. The van der Waals surface area contributed by atoms with Gasteiger partial charge < -0.3 is 14.2 Å². The summed E-state index contributed by atoms with van der Waals surface area (Å²) in [5.74, 6) is -0.825. The molecule has 230 valence electrons. The van der Waals surface area contributed by atoms with Crippen LogP contribution in [0.15, 0.2) is 30.3 Å². The molecule has 40 heavy (non-hydrogen) atoms. The van der Waals surface area contributed by atoms with Crippen molar-refractivity contribution in [3.8, 4) is 0 Å². The van der Waals surface area contributed by atoms with E-state index in [-0.39, 0.29) is 0 Å². The molecule has 0 atom stereocenters. The van der Waals surface area contributed by atoms with Crippen molar-refractivity contribution in [2.45, 2.75) is 149 Å². The van der Waals surface area contributed by atoms with Crippen LogP contribution in [0.4, 0.5) is 0 Å². The molecule has 0 fully saturated rings. The van der Waals surface area contributed by atoms with Gasteiger partial charge in [-0.05, 0) is 38.2 Å². The number of benzene rings is 1. The minimum atomic E-state index is -1.21. The van der Waals surface area contributed by atoms with Gasteiger partial charge in [-0.2, -0.15) is 0 Å². The van der Waals surface area contributed by atoms with Gasteiger partial charge in [-0.25, -0.2) is 0 Å². The third-order valence-corrected chi connectivity index (χ3v) is 7.69. The maximum Gasteiger partial charge on any atom is 0.323 e. The largest absolute Gasteiger partial charge is 0.465 e. The number of ether oxygens (including phenoxy) is 3. The van der Waals surface area contributed by atoms with Crippen LogP contribution in [0.3, 0.4) is 0 Å². The SMILES string of the molecule is CCCCCCCCOC(=O)C(C)(CCCCCCCCOCc1ccccc1)C(=O)OCCCCCCCC. The van der Waals surface area contributed by atoms with Gasteiger partial charge in [-0.1, -0.05) is 140 Å². The summed E-state index contributed by atoms with van der Waals surface area (Å²) in [5, 5.41) is 0. The summed E-state index contributed by atoms with van der Waals surface area (Å²) in [6, 6.07) is 10.3. The first-order chi connectivity index (χ1) is 19.5. The van der Waals surface area contributed by atoms with Crippen LogP contribution < -0.4 is 0 Å². The number of carbonyl (C=O) groups is 2. The molecule has 0 bridgehead atoms. The van der Waals surface area contributed by atoms with Crippen LogP contribution in [-0.2, 0) is 30.4 Å². The second-order valence-corrected chi connectivity index (χ2v) is 11.5. The van der Waals surface area contributed by atoms with Crippen LogP contribution in [0.25, 0.3) is 0 Å². The van der Waals surface area contributed by atoms with E-state index in [1.807, 2.05) is 18.2 Å². The smallest absolute Gasteiger partial charge is 0.323 e. The van der Waals surface area contributed by atoms with Crippen molar-refractivity contribution in [2.75, 3.05) is 19.8 Å². The first-order valence-electron chi connectivity index (χ1n) is 16.5. The van der Waals surface area contributed by atoms with E-state index >= 15 is 0 Å². The summed E-state index contributed by atoms with van der Waals surface area (Å²) in [7, 11) is 0. The van der Waals surface area contributed by atoms with E-state index in [4.69, 9.17) is 14.2 Å². The Morgan fingerprint density at radius 2 is 1.00 bits per heavy atom. The molecule has 0 heterocycles. The maximum atomic E-state index is 13.1. The molecule has 0 amide bonds. The Bertz CT molecular complexity index is 703. The van der Waals surface area contributed by atoms with Crippen molar-refractivity contribution in [1.29, 1.82) is 0 Å². The molecule has 0 spiro atoms. The summed E-state index contributed by atoms with van der Waals surface area (Å²) in [4.78, 5) is 26.2. The fraction of sp³-hybridized carbons (Fsp3) is 0.771. The lowest BCUT2D eigenvalue weighted by molar-refractivity contribution is -0.172. The van der Waals surface area contributed by atoms with Crippen LogP contribution in [0.5, 0.6) is 0 Å². The standard InChI is InChI=1S/C35H60O5/c1-4-6-8-10-16-23-29-39-33(36)35(3,34(37)40-30-24-17-11-9-7-5-2)27-21-14-12-13-15-22-28-38-31-32-25-19-18-20-26-32/h18-20,25-26H,4-17,21-24,27-31H2,1-3H3. The molecule has 5 heteroatoms. The number of hydrogen-bond donors (Lipinski definition) is 0. The zero-order valence-electron chi connectivity index (χ0n) is 26.2. The average Bonchev–Trinajstić information content (AvgIpc) is 2.97. The highest BCUT2D eigenvalue weighted by Gasteiger charge is 2.43. The minimum Gasteiger partial charge on any atom is -0.465 e. The van der Waals surface area contributed by atoms with Gasteiger partial charge in [-0.3, -0.25) is 9.59 Å². The third-order valence-electron chi connectivity index (χ3n) is 7.69. The number of esters is 2. The van der Waals surface area contributed by atoms with Gasteiger partial charge in [0.2, 0.25) is 0 Å². The van der Waals surface area contributed by atoms with E-state index < -0.39 is 17.4 Å².